The average Bonchev–Trinajstić information content (AvgIpc) is 3.06. The van der Waals surface area contributed by atoms with Gasteiger partial charge in [-0.25, -0.2) is 9.67 Å². The van der Waals surface area contributed by atoms with Gasteiger partial charge in [-0.05, 0) is 24.6 Å². The Morgan fingerprint density at radius 2 is 1.96 bits per heavy atom. The van der Waals surface area contributed by atoms with Crippen molar-refractivity contribution in [2.45, 2.75) is 13.3 Å². The fourth-order valence-electron chi connectivity index (χ4n) is 2.29. The van der Waals surface area contributed by atoms with Gasteiger partial charge in [-0.2, -0.15) is 0 Å². The highest BCUT2D eigenvalue weighted by atomic mass is 35.5. The van der Waals surface area contributed by atoms with Gasteiger partial charge in [0, 0.05) is 17.1 Å². The zero-order chi connectivity index (χ0) is 16.9. The van der Waals surface area contributed by atoms with Crippen molar-refractivity contribution in [2.24, 2.45) is 0 Å². The number of benzene rings is 2. The monoisotopic (exact) mass is 340 g/mol. The Bertz CT molecular complexity index is 845. The van der Waals surface area contributed by atoms with E-state index in [4.69, 9.17) is 11.6 Å². The van der Waals surface area contributed by atoms with Crippen molar-refractivity contribution in [3.8, 4) is 17.1 Å². The molecule has 0 aliphatic rings. The Morgan fingerprint density at radius 3 is 2.67 bits per heavy atom. The Balaban J connectivity index is 2.08. The largest absolute Gasteiger partial charge is 0.349 e. The van der Waals surface area contributed by atoms with Crippen LogP contribution in [0, 0.1) is 0 Å². The Labute approximate surface area is 145 Å². The maximum Gasteiger partial charge on any atom is 0.290 e. The van der Waals surface area contributed by atoms with Crippen LogP contribution in [0.25, 0.3) is 17.1 Å². The molecule has 0 atom stereocenters. The predicted octanol–water partition coefficient (Wildman–Crippen LogP) is 3.73. The van der Waals surface area contributed by atoms with Crippen LogP contribution in [0.15, 0.2) is 54.6 Å². The number of nitrogens with zero attached hydrogens (tertiary/aromatic N) is 3. The number of aromatic nitrogens is 3. The molecule has 122 valence electrons. The first kappa shape index (κ1) is 16.2. The lowest BCUT2D eigenvalue weighted by atomic mass is 10.2. The summed E-state index contributed by atoms with van der Waals surface area (Å²) in [6, 6.07) is 16.9. The maximum atomic E-state index is 12.2. The number of carbonyl (C=O) groups is 1. The molecule has 0 aliphatic heterocycles. The van der Waals surface area contributed by atoms with E-state index in [-0.39, 0.29) is 11.7 Å². The third-order valence-electron chi connectivity index (χ3n) is 3.43. The predicted molar refractivity (Wildman–Crippen MR) is 94.4 cm³/mol. The minimum absolute atomic E-state index is 0.141. The lowest BCUT2D eigenvalue weighted by Crippen LogP contribution is -2.25. The first-order valence-electron chi connectivity index (χ1n) is 7.75. The quantitative estimate of drug-likeness (QED) is 0.770. The number of rotatable bonds is 5. The highest BCUT2D eigenvalue weighted by Gasteiger charge is 2.18. The van der Waals surface area contributed by atoms with E-state index < -0.39 is 0 Å². The van der Waals surface area contributed by atoms with E-state index >= 15 is 0 Å². The van der Waals surface area contributed by atoms with Gasteiger partial charge < -0.3 is 5.32 Å². The average molecular weight is 341 g/mol. The van der Waals surface area contributed by atoms with E-state index in [9.17, 15) is 4.79 Å². The molecule has 5 nitrogen and oxygen atoms in total. The molecule has 1 aromatic heterocycles. The van der Waals surface area contributed by atoms with Crippen molar-refractivity contribution in [2.75, 3.05) is 6.54 Å². The van der Waals surface area contributed by atoms with Crippen molar-refractivity contribution in [3.63, 3.8) is 0 Å². The van der Waals surface area contributed by atoms with Crippen LogP contribution in [0.3, 0.4) is 0 Å². The van der Waals surface area contributed by atoms with E-state index in [0.29, 0.717) is 17.4 Å². The number of amides is 1. The molecule has 2 aromatic carbocycles. The highest BCUT2D eigenvalue weighted by molar-refractivity contribution is 6.30. The first-order chi connectivity index (χ1) is 11.7. The standard InChI is InChI=1S/C18H17ClN4O/c1-2-11-20-18(24)16-21-17(13-7-4-3-5-8-13)23(22-16)15-10-6-9-14(19)12-15/h3-10,12H,2,11H2,1H3,(H,20,24). The van der Waals surface area contributed by atoms with Crippen LogP contribution in [0.2, 0.25) is 5.02 Å². The summed E-state index contributed by atoms with van der Waals surface area (Å²) in [5.74, 6) is 0.455. The van der Waals surface area contributed by atoms with E-state index in [2.05, 4.69) is 15.4 Å². The molecule has 0 saturated carbocycles. The summed E-state index contributed by atoms with van der Waals surface area (Å²) >= 11 is 6.09. The minimum atomic E-state index is -0.283. The zero-order valence-electron chi connectivity index (χ0n) is 13.2. The molecule has 0 unspecified atom stereocenters. The molecule has 3 rings (SSSR count). The molecular weight excluding hydrogens is 324 g/mol. The molecule has 6 heteroatoms. The summed E-state index contributed by atoms with van der Waals surface area (Å²) < 4.78 is 1.64. The van der Waals surface area contributed by atoms with Crippen molar-refractivity contribution in [3.05, 3.63) is 65.4 Å². The maximum absolute atomic E-state index is 12.2. The van der Waals surface area contributed by atoms with Gasteiger partial charge in [-0.15, -0.1) is 5.10 Å². The number of nitrogens with one attached hydrogen (secondary N) is 1. The molecule has 24 heavy (non-hydrogen) atoms. The van der Waals surface area contributed by atoms with Gasteiger partial charge in [0.2, 0.25) is 5.82 Å². The van der Waals surface area contributed by atoms with E-state index in [1.807, 2.05) is 49.4 Å². The molecule has 1 N–H and O–H groups in total. The molecule has 0 bridgehead atoms. The van der Waals surface area contributed by atoms with Gasteiger partial charge in [0.25, 0.3) is 5.91 Å². The smallest absolute Gasteiger partial charge is 0.290 e. The summed E-state index contributed by atoms with van der Waals surface area (Å²) in [4.78, 5) is 16.7. The van der Waals surface area contributed by atoms with Crippen LogP contribution in [0.4, 0.5) is 0 Å². The van der Waals surface area contributed by atoms with E-state index in [1.165, 1.54) is 0 Å². The molecular formula is C18H17ClN4O. The van der Waals surface area contributed by atoms with Gasteiger partial charge in [0.1, 0.15) is 0 Å². The lowest BCUT2D eigenvalue weighted by molar-refractivity contribution is 0.0943. The third-order valence-corrected chi connectivity index (χ3v) is 3.67. The number of hydrogen-bond acceptors (Lipinski definition) is 3. The molecule has 3 aromatic rings. The molecule has 1 amide bonds. The SMILES string of the molecule is CCCNC(=O)c1nc(-c2ccccc2)n(-c2cccc(Cl)c2)n1. The summed E-state index contributed by atoms with van der Waals surface area (Å²) in [7, 11) is 0. The van der Waals surface area contributed by atoms with E-state index in [1.54, 1.807) is 16.8 Å². The highest BCUT2D eigenvalue weighted by Crippen LogP contribution is 2.22. The second-order valence-corrected chi connectivity index (χ2v) is 5.71. The molecule has 0 saturated heterocycles. The summed E-state index contributed by atoms with van der Waals surface area (Å²) in [6.45, 7) is 2.58. The molecule has 0 radical (unpaired) electrons. The van der Waals surface area contributed by atoms with Crippen molar-refractivity contribution < 1.29 is 4.79 Å². The fourth-order valence-corrected chi connectivity index (χ4v) is 2.47. The van der Waals surface area contributed by atoms with Crippen LogP contribution in [-0.2, 0) is 0 Å². The Hall–Kier alpha value is -2.66. The third kappa shape index (κ3) is 3.46. The number of carbonyl (C=O) groups excluding carboxylic acids is 1. The van der Waals surface area contributed by atoms with Crippen LogP contribution >= 0.6 is 11.6 Å². The lowest BCUT2D eigenvalue weighted by Gasteiger charge is -2.06. The van der Waals surface area contributed by atoms with Gasteiger partial charge in [0.05, 0.1) is 5.69 Å². The molecule has 0 spiro atoms. The molecule has 1 heterocycles. The van der Waals surface area contributed by atoms with Gasteiger partial charge in [0.15, 0.2) is 5.82 Å². The van der Waals surface area contributed by atoms with Gasteiger partial charge in [-0.3, -0.25) is 4.79 Å². The molecule has 0 aliphatic carbocycles. The second-order valence-electron chi connectivity index (χ2n) is 5.27. The van der Waals surface area contributed by atoms with Crippen molar-refractivity contribution >= 4 is 17.5 Å². The van der Waals surface area contributed by atoms with Crippen LogP contribution < -0.4 is 5.32 Å². The Morgan fingerprint density at radius 1 is 1.17 bits per heavy atom. The normalized spacial score (nSPS) is 10.6. The summed E-state index contributed by atoms with van der Waals surface area (Å²) in [5, 5.41) is 7.78. The van der Waals surface area contributed by atoms with Crippen LogP contribution in [0.1, 0.15) is 24.0 Å². The number of halogens is 1. The summed E-state index contributed by atoms with van der Waals surface area (Å²) in [5.41, 5.74) is 1.63. The second kappa shape index (κ2) is 7.27. The van der Waals surface area contributed by atoms with Gasteiger partial charge >= 0.3 is 0 Å². The zero-order valence-corrected chi connectivity index (χ0v) is 14.0. The molecule has 0 fully saturated rings. The van der Waals surface area contributed by atoms with Crippen molar-refractivity contribution in [1.82, 2.24) is 20.1 Å². The van der Waals surface area contributed by atoms with Crippen LogP contribution in [-0.4, -0.2) is 27.2 Å². The minimum Gasteiger partial charge on any atom is -0.349 e. The number of hydrogen-bond donors (Lipinski definition) is 1. The van der Waals surface area contributed by atoms with Gasteiger partial charge in [-0.1, -0.05) is 54.9 Å². The Kier molecular flexibility index (Phi) is 4.91. The van der Waals surface area contributed by atoms with E-state index in [0.717, 1.165) is 17.7 Å². The fraction of sp³-hybridized carbons (Fsp3) is 0.167. The summed E-state index contributed by atoms with van der Waals surface area (Å²) in [6.07, 6.45) is 0.853. The van der Waals surface area contributed by atoms with Crippen molar-refractivity contribution in [1.29, 1.82) is 0 Å². The topological polar surface area (TPSA) is 59.8 Å². The van der Waals surface area contributed by atoms with Crippen LogP contribution in [0.5, 0.6) is 0 Å². The first-order valence-corrected chi connectivity index (χ1v) is 8.13.